The number of aryl methyl sites for hydroxylation is 1. The van der Waals surface area contributed by atoms with Gasteiger partial charge in [0.05, 0.1) is 24.1 Å². The normalized spacial score (nSPS) is 12.3. The summed E-state index contributed by atoms with van der Waals surface area (Å²) in [5, 5.41) is 2.78. The number of carbonyl (C=O) groups excluding carboxylic acids is 1. The fraction of sp³-hybridized carbons (Fsp3) is 0.409. The molecule has 0 aliphatic carbocycles. The smallest absolute Gasteiger partial charge is 0.241 e. The van der Waals surface area contributed by atoms with Gasteiger partial charge in [-0.15, -0.1) is 0 Å². The van der Waals surface area contributed by atoms with Crippen LogP contribution >= 0.6 is 0 Å². The number of carbonyl (C=O) groups is 1. The summed E-state index contributed by atoms with van der Waals surface area (Å²) < 4.78 is 37.0. The van der Waals surface area contributed by atoms with Gasteiger partial charge in [0.2, 0.25) is 15.9 Å². The number of nitrogens with one attached hydrogen (secondary N) is 1. The van der Waals surface area contributed by atoms with Gasteiger partial charge in [-0.25, -0.2) is 8.42 Å². The Morgan fingerprint density at radius 3 is 2.33 bits per heavy atom. The highest BCUT2D eigenvalue weighted by atomic mass is 32.2. The van der Waals surface area contributed by atoms with Gasteiger partial charge in [0.15, 0.2) is 0 Å². The van der Waals surface area contributed by atoms with Crippen LogP contribution in [0, 0.1) is 6.92 Å². The Bertz CT molecular complexity index is 942. The zero-order valence-electron chi connectivity index (χ0n) is 18.1. The molecule has 1 amide bonds. The molecule has 0 saturated carbocycles. The molecule has 30 heavy (non-hydrogen) atoms. The molecule has 0 aliphatic heterocycles. The van der Waals surface area contributed by atoms with Gasteiger partial charge in [-0.2, -0.15) is 0 Å². The molecule has 0 bridgehead atoms. The summed E-state index contributed by atoms with van der Waals surface area (Å²) in [5.41, 5.74) is 1.50. The highest BCUT2D eigenvalue weighted by Crippen LogP contribution is 2.24. The van der Waals surface area contributed by atoms with Crippen molar-refractivity contribution in [2.24, 2.45) is 0 Å². The molecule has 8 heteroatoms. The molecule has 2 aromatic carbocycles. The molecule has 1 atom stereocenters. The minimum atomic E-state index is -3.67. The number of hydrogen-bond acceptors (Lipinski definition) is 5. The minimum absolute atomic E-state index is 0.0513. The second-order valence-corrected chi connectivity index (χ2v) is 9.43. The molecule has 1 N–H and O–H groups in total. The van der Waals surface area contributed by atoms with E-state index in [1.54, 1.807) is 31.2 Å². The Kier molecular flexibility index (Phi) is 8.11. The lowest BCUT2D eigenvalue weighted by Crippen LogP contribution is -2.44. The maximum Gasteiger partial charge on any atom is 0.241 e. The molecule has 0 unspecified atom stereocenters. The summed E-state index contributed by atoms with van der Waals surface area (Å²) in [5.74, 6) is 0.827. The Morgan fingerprint density at radius 1 is 1.07 bits per heavy atom. The molecule has 0 fully saturated rings. The second-order valence-electron chi connectivity index (χ2n) is 7.53. The first-order chi connectivity index (χ1) is 14.0. The molecule has 0 saturated heterocycles. The number of sulfonamides is 1. The van der Waals surface area contributed by atoms with E-state index in [2.05, 4.69) is 5.32 Å². The summed E-state index contributed by atoms with van der Waals surface area (Å²) in [4.78, 5) is 12.5. The lowest BCUT2D eigenvalue weighted by molar-refractivity contribution is -0.120. The molecular weight excluding hydrogens is 404 g/mol. The molecule has 0 radical (unpaired) electrons. The van der Waals surface area contributed by atoms with E-state index in [0.717, 1.165) is 16.1 Å². The van der Waals surface area contributed by atoms with Gasteiger partial charge in [-0.05, 0) is 52.0 Å². The molecule has 0 aliphatic rings. The van der Waals surface area contributed by atoms with E-state index in [0.29, 0.717) is 17.2 Å². The van der Waals surface area contributed by atoms with Gasteiger partial charge >= 0.3 is 0 Å². The van der Waals surface area contributed by atoms with Gasteiger partial charge < -0.3 is 14.8 Å². The lowest BCUT2D eigenvalue weighted by atomic mass is 10.2. The summed E-state index contributed by atoms with van der Waals surface area (Å²) in [6.45, 7) is 7.49. The minimum Gasteiger partial charge on any atom is -0.491 e. The fourth-order valence-electron chi connectivity index (χ4n) is 2.73. The average molecular weight is 435 g/mol. The molecule has 0 heterocycles. The number of rotatable bonds is 10. The zero-order chi connectivity index (χ0) is 22.3. The van der Waals surface area contributed by atoms with Crippen LogP contribution in [0.1, 0.15) is 26.3 Å². The van der Waals surface area contributed by atoms with Crippen molar-refractivity contribution in [3.8, 4) is 11.5 Å². The Balaban J connectivity index is 2.00. The van der Waals surface area contributed by atoms with Crippen LogP contribution in [0.15, 0.2) is 48.5 Å². The predicted octanol–water partition coefficient (Wildman–Crippen LogP) is 3.13. The lowest BCUT2D eigenvalue weighted by Gasteiger charge is -2.24. The first kappa shape index (κ1) is 23.5. The van der Waals surface area contributed by atoms with E-state index in [-0.39, 0.29) is 25.3 Å². The van der Waals surface area contributed by atoms with Crippen LogP contribution in [-0.2, 0) is 14.8 Å². The van der Waals surface area contributed by atoms with Crippen molar-refractivity contribution in [2.45, 2.75) is 39.8 Å². The molecule has 0 spiro atoms. The SMILES string of the molecule is Cc1ccc(OC[C@H](C)NC(=O)CN(c2cccc(OC(C)C)c2)S(C)(=O)=O)cc1. The van der Waals surface area contributed by atoms with Crippen molar-refractivity contribution in [2.75, 3.05) is 23.7 Å². The van der Waals surface area contributed by atoms with E-state index >= 15 is 0 Å². The van der Waals surface area contributed by atoms with Crippen LogP contribution in [0.25, 0.3) is 0 Å². The van der Waals surface area contributed by atoms with E-state index in [4.69, 9.17) is 9.47 Å². The maximum absolute atomic E-state index is 12.5. The standard InChI is InChI=1S/C22H30N2O5S/c1-16(2)29-21-8-6-7-19(13-21)24(30(5,26)27)14-22(25)23-18(4)15-28-20-11-9-17(3)10-12-20/h6-13,16,18H,14-15H2,1-5H3,(H,23,25)/t18-/m0/s1. The Morgan fingerprint density at radius 2 is 1.73 bits per heavy atom. The van der Waals surface area contributed by atoms with Gasteiger partial charge in [0.1, 0.15) is 24.7 Å². The summed E-state index contributed by atoms with van der Waals surface area (Å²) >= 11 is 0. The predicted molar refractivity (Wildman–Crippen MR) is 119 cm³/mol. The number of benzene rings is 2. The van der Waals surface area contributed by atoms with Crippen molar-refractivity contribution in [1.29, 1.82) is 0 Å². The third kappa shape index (κ3) is 7.59. The van der Waals surface area contributed by atoms with Crippen LogP contribution in [0.5, 0.6) is 11.5 Å². The van der Waals surface area contributed by atoms with Crippen LogP contribution in [0.2, 0.25) is 0 Å². The van der Waals surface area contributed by atoms with Crippen molar-refractivity contribution in [3.05, 3.63) is 54.1 Å². The van der Waals surface area contributed by atoms with Crippen LogP contribution in [0.4, 0.5) is 5.69 Å². The Hall–Kier alpha value is -2.74. The molecule has 2 rings (SSSR count). The second kappa shape index (κ2) is 10.3. The Labute approximate surface area is 179 Å². The highest BCUT2D eigenvalue weighted by molar-refractivity contribution is 7.92. The first-order valence-corrected chi connectivity index (χ1v) is 11.6. The van der Waals surface area contributed by atoms with E-state index < -0.39 is 15.9 Å². The summed E-state index contributed by atoms with van der Waals surface area (Å²) in [6, 6.07) is 14.0. The van der Waals surface area contributed by atoms with Crippen LogP contribution in [0.3, 0.4) is 0 Å². The molecule has 2 aromatic rings. The number of amides is 1. The molecule has 164 valence electrons. The average Bonchev–Trinajstić information content (AvgIpc) is 2.64. The van der Waals surface area contributed by atoms with Crippen LogP contribution in [-0.4, -0.2) is 45.9 Å². The van der Waals surface area contributed by atoms with Crippen molar-refractivity contribution < 1.29 is 22.7 Å². The van der Waals surface area contributed by atoms with Gasteiger partial charge in [0, 0.05) is 6.07 Å². The zero-order valence-corrected chi connectivity index (χ0v) is 18.9. The largest absolute Gasteiger partial charge is 0.491 e. The quantitative estimate of drug-likeness (QED) is 0.621. The number of nitrogens with zero attached hydrogens (tertiary/aromatic N) is 1. The highest BCUT2D eigenvalue weighted by Gasteiger charge is 2.22. The van der Waals surface area contributed by atoms with Gasteiger partial charge in [-0.1, -0.05) is 23.8 Å². The first-order valence-electron chi connectivity index (χ1n) is 9.78. The number of hydrogen-bond donors (Lipinski definition) is 1. The van der Waals surface area contributed by atoms with E-state index in [1.165, 1.54) is 0 Å². The van der Waals surface area contributed by atoms with Crippen molar-refractivity contribution in [1.82, 2.24) is 5.32 Å². The molecular formula is C22H30N2O5S. The topological polar surface area (TPSA) is 84.9 Å². The monoisotopic (exact) mass is 434 g/mol. The summed E-state index contributed by atoms with van der Waals surface area (Å²) in [7, 11) is -3.67. The van der Waals surface area contributed by atoms with E-state index in [1.807, 2.05) is 45.0 Å². The fourth-order valence-corrected chi connectivity index (χ4v) is 3.58. The summed E-state index contributed by atoms with van der Waals surface area (Å²) in [6.07, 6.45) is 1.02. The van der Waals surface area contributed by atoms with E-state index in [9.17, 15) is 13.2 Å². The number of anilines is 1. The van der Waals surface area contributed by atoms with Crippen molar-refractivity contribution >= 4 is 21.6 Å². The third-order valence-electron chi connectivity index (χ3n) is 4.09. The van der Waals surface area contributed by atoms with Crippen LogP contribution < -0.4 is 19.1 Å². The van der Waals surface area contributed by atoms with Gasteiger partial charge in [-0.3, -0.25) is 9.10 Å². The molecule has 0 aromatic heterocycles. The molecule has 7 nitrogen and oxygen atoms in total. The number of ether oxygens (including phenoxy) is 2. The third-order valence-corrected chi connectivity index (χ3v) is 5.23. The maximum atomic E-state index is 12.5. The van der Waals surface area contributed by atoms with Crippen molar-refractivity contribution in [3.63, 3.8) is 0 Å². The van der Waals surface area contributed by atoms with Gasteiger partial charge in [0.25, 0.3) is 0 Å².